The number of halogens is 1. The van der Waals surface area contributed by atoms with Gasteiger partial charge in [0, 0.05) is 6.54 Å². The number of phenolic OH excluding ortho intramolecular Hbond substituents is 1. The van der Waals surface area contributed by atoms with Crippen molar-refractivity contribution in [2.24, 2.45) is 0 Å². The third-order valence-corrected chi connectivity index (χ3v) is 4.69. The molecule has 0 aliphatic carbocycles. The van der Waals surface area contributed by atoms with Crippen molar-refractivity contribution in [2.75, 3.05) is 20.3 Å². The fourth-order valence-corrected chi connectivity index (χ4v) is 3.46. The molecule has 122 valence electrons. The van der Waals surface area contributed by atoms with E-state index in [1.54, 1.807) is 0 Å². The molecule has 1 aliphatic heterocycles. The molecule has 2 rings (SSSR count). The first-order valence-corrected chi connectivity index (χ1v) is 8.60. The van der Waals surface area contributed by atoms with Gasteiger partial charge in [-0.2, -0.15) is 0 Å². The SMILES string of the molecule is CCOC(=O)[C@H]1CCCCN1Cc1cc(I)c(O)c(OC)c1. The number of ether oxygens (including phenoxy) is 2. The lowest BCUT2D eigenvalue weighted by molar-refractivity contribution is -0.151. The van der Waals surface area contributed by atoms with Gasteiger partial charge in [-0.3, -0.25) is 9.69 Å². The Balaban J connectivity index is 2.16. The maximum atomic E-state index is 12.1. The molecule has 6 heteroatoms. The van der Waals surface area contributed by atoms with Crippen LogP contribution in [-0.4, -0.2) is 42.3 Å². The lowest BCUT2D eigenvalue weighted by atomic mass is 10.0. The molecule has 1 saturated heterocycles. The Hall–Kier alpha value is -1.02. The van der Waals surface area contributed by atoms with Gasteiger partial charge < -0.3 is 14.6 Å². The fraction of sp³-hybridized carbons (Fsp3) is 0.562. The molecule has 0 amide bonds. The molecule has 0 aromatic heterocycles. The van der Waals surface area contributed by atoms with Gasteiger partial charge >= 0.3 is 5.97 Å². The smallest absolute Gasteiger partial charge is 0.323 e. The summed E-state index contributed by atoms with van der Waals surface area (Å²) in [5.74, 6) is 0.488. The number of hydrogen-bond donors (Lipinski definition) is 1. The maximum absolute atomic E-state index is 12.1. The number of methoxy groups -OCH3 is 1. The van der Waals surface area contributed by atoms with Crippen LogP contribution in [0.4, 0.5) is 0 Å². The number of piperidine rings is 1. The number of benzene rings is 1. The van der Waals surface area contributed by atoms with Crippen LogP contribution >= 0.6 is 22.6 Å². The second kappa shape index (κ2) is 8.01. The van der Waals surface area contributed by atoms with E-state index < -0.39 is 0 Å². The van der Waals surface area contributed by atoms with E-state index in [0.717, 1.165) is 34.9 Å². The highest BCUT2D eigenvalue weighted by Crippen LogP contribution is 2.33. The molecule has 1 aromatic rings. The van der Waals surface area contributed by atoms with E-state index in [-0.39, 0.29) is 17.8 Å². The van der Waals surface area contributed by atoms with E-state index in [1.165, 1.54) is 7.11 Å². The third kappa shape index (κ3) is 4.04. The molecule has 0 bridgehead atoms. The van der Waals surface area contributed by atoms with Crippen LogP contribution in [0.2, 0.25) is 0 Å². The van der Waals surface area contributed by atoms with Crippen LogP contribution in [0.1, 0.15) is 31.7 Å². The van der Waals surface area contributed by atoms with Gasteiger partial charge in [-0.15, -0.1) is 0 Å². The molecular weight excluding hydrogens is 397 g/mol. The third-order valence-electron chi connectivity index (χ3n) is 3.87. The molecular formula is C16H22INO4. The minimum atomic E-state index is -0.175. The summed E-state index contributed by atoms with van der Waals surface area (Å²) in [5, 5.41) is 9.92. The molecule has 0 spiro atoms. The predicted molar refractivity (Wildman–Crippen MR) is 92.1 cm³/mol. The maximum Gasteiger partial charge on any atom is 0.323 e. The average molecular weight is 419 g/mol. The van der Waals surface area contributed by atoms with Gasteiger partial charge in [0.15, 0.2) is 11.5 Å². The summed E-state index contributed by atoms with van der Waals surface area (Å²) in [6.07, 6.45) is 2.98. The number of phenols is 1. The fourth-order valence-electron chi connectivity index (χ4n) is 2.79. The average Bonchev–Trinajstić information content (AvgIpc) is 2.51. The minimum absolute atomic E-state index is 0.136. The number of likely N-dealkylation sites (tertiary alicyclic amines) is 1. The minimum Gasteiger partial charge on any atom is -0.504 e. The van der Waals surface area contributed by atoms with E-state index in [2.05, 4.69) is 27.5 Å². The predicted octanol–water partition coefficient (Wildman–Crippen LogP) is 2.92. The number of hydrogen-bond acceptors (Lipinski definition) is 5. The van der Waals surface area contributed by atoms with Gasteiger partial charge in [0.05, 0.1) is 17.3 Å². The van der Waals surface area contributed by atoms with E-state index in [0.29, 0.717) is 18.9 Å². The monoisotopic (exact) mass is 419 g/mol. The number of nitrogens with zero attached hydrogens (tertiary/aromatic N) is 1. The van der Waals surface area contributed by atoms with Crippen LogP contribution in [-0.2, 0) is 16.1 Å². The molecule has 1 N–H and O–H groups in total. The Morgan fingerprint density at radius 1 is 1.45 bits per heavy atom. The van der Waals surface area contributed by atoms with Crippen LogP contribution in [0, 0.1) is 3.57 Å². The standard InChI is InChI=1S/C16H22INO4/c1-3-22-16(20)13-6-4-5-7-18(13)10-11-8-12(17)15(19)14(9-11)21-2/h8-9,13,19H,3-7,10H2,1-2H3/t13-/m1/s1. The van der Waals surface area contributed by atoms with Gasteiger partial charge in [-0.25, -0.2) is 0 Å². The molecule has 1 aliphatic rings. The number of aromatic hydroxyl groups is 1. The van der Waals surface area contributed by atoms with E-state index >= 15 is 0 Å². The summed E-state index contributed by atoms with van der Waals surface area (Å²) >= 11 is 2.08. The summed E-state index contributed by atoms with van der Waals surface area (Å²) in [7, 11) is 1.54. The van der Waals surface area contributed by atoms with E-state index in [4.69, 9.17) is 9.47 Å². The summed E-state index contributed by atoms with van der Waals surface area (Å²) in [6.45, 7) is 3.77. The molecule has 0 unspecified atom stereocenters. The molecule has 0 saturated carbocycles. The Bertz CT molecular complexity index is 535. The summed E-state index contributed by atoms with van der Waals surface area (Å²) in [6, 6.07) is 3.58. The van der Waals surface area contributed by atoms with Crippen LogP contribution in [0.15, 0.2) is 12.1 Å². The Morgan fingerprint density at radius 2 is 2.23 bits per heavy atom. The summed E-state index contributed by atoms with van der Waals surface area (Å²) in [5.41, 5.74) is 1.02. The normalized spacial score (nSPS) is 19.0. The van der Waals surface area contributed by atoms with Crippen LogP contribution in [0.5, 0.6) is 11.5 Å². The molecule has 1 atom stereocenters. The Morgan fingerprint density at radius 3 is 2.91 bits per heavy atom. The van der Waals surface area contributed by atoms with Gasteiger partial charge in [0.2, 0.25) is 0 Å². The van der Waals surface area contributed by atoms with Crippen molar-refractivity contribution >= 4 is 28.6 Å². The van der Waals surface area contributed by atoms with Crippen molar-refractivity contribution in [1.29, 1.82) is 0 Å². The molecule has 22 heavy (non-hydrogen) atoms. The molecule has 1 aromatic carbocycles. The van der Waals surface area contributed by atoms with Crippen molar-refractivity contribution in [3.8, 4) is 11.5 Å². The highest BCUT2D eigenvalue weighted by molar-refractivity contribution is 14.1. The molecule has 5 nitrogen and oxygen atoms in total. The first-order valence-electron chi connectivity index (χ1n) is 7.52. The highest BCUT2D eigenvalue weighted by Gasteiger charge is 2.30. The van der Waals surface area contributed by atoms with Gasteiger partial charge in [0.1, 0.15) is 6.04 Å². The van der Waals surface area contributed by atoms with Gasteiger partial charge in [-0.05, 0) is 66.6 Å². The second-order valence-electron chi connectivity index (χ2n) is 5.36. The zero-order valence-electron chi connectivity index (χ0n) is 13.0. The van der Waals surface area contributed by atoms with Crippen molar-refractivity contribution in [2.45, 2.75) is 38.8 Å². The van der Waals surface area contributed by atoms with Crippen molar-refractivity contribution in [3.05, 3.63) is 21.3 Å². The van der Waals surface area contributed by atoms with Gasteiger partial charge in [-0.1, -0.05) is 6.42 Å². The Kier molecular flexibility index (Phi) is 6.31. The lowest BCUT2D eigenvalue weighted by Crippen LogP contribution is -2.44. The number of carbonyl (C=O) groups is 1. The van der Waals surface area contributed by atoms with Gasteiger partial charge in [0.25, 0.3) is 0 Å². The topological polar surface area (TPSA) is 59.0 Å². The zero-order valence-corrected chi connectivity index (χ0v) is 15.1. The quantitative estimate of drug-likeness (QED) is 0.588. The van der Waals surface area contributed by atoms with E-state index in [1.807, 2.05) is 19.1 Å². The van der Waals surface area contributed by atoms with E-state index in [9.17, 15) is 9.90 Å². The Labute approximate surface area is 144 Å². The highest BCUT2D eigenvalue weighted by atomic mass is 127. The van der Waals surface area contributed by atoms with Crippen molar-refractivity contribution in [3.63, 3.8) is 0 Å². The van der Waals surface area contributed by atoms with Crippen LogP contribution in [0.25, 0.3) is 0 Å². The zero-order chi connectivity index (χ0) is 16.1. The molecule has 0 radical (unpaired) electrons. The number of carbonyl (C=O) groups excluding carboxylic acids is 1. The summed E-state index contributed by atoms with van der Waals surface area (Å²) in [4.78, 5) is 14.3. The summed E-state index contributed by atoms with van der Waals surface area (Å²) < 4.78 is 11.1. The van der Waals surface area contributed by atoms with Crippen LogP contribution in [0.3, 0.4) is 0 Å². The first-order chi connectivity index (χ1) is 10.6. The largest absolute Gasteiger partial charge is 0.504 e. The van der Waals surface area contributed by atoms with Crippen LogP contribution < -0.4 is 4.74 Å². The van der Waals surface area contributed by atoms with Crippen molar-refractivity contribution in [1.82, 2.24) is 4.90 Å². The number of rotatable bonds is 5. The second-order valence-corrected chi connectivity index (χ2v) is 6.52. The lowest BCUT2D eigenvalue weighted by Gasteiger charge is -2.34. The number of esters is 1. The first kappa shape index (κ1) is 17.3. The van der Waals surface area contributed by atoms with Crippen molar-refractivity contribution < 1.29 is 19.4 Å². The molecule has 1 fully saturated rings. The molecule has 1 heterocycles.